The van der Waals surface area contributed by atoms with Gasteiger partial charge < -0.3 is 4.72 Å². The minimum Gasteiger partial charge on any atom is -0.314 e. The molecular weight excluding hydrogens is 158 g/mol. The smallest absolute Gasteiger partial charge is 0.142 e. The van der Waals surface area contributed by atoms with E-state index in [4.69, 9.17) is 5.26 Å². The van der Waals surface area contributed by atoms with Gasteiger partial charge in [0.1, 0.15) is 17.6 Å². The third kappa shape index (κ3) is 1.03. The average molecular weight is 163 g/mol. The zero-order chi connectivity index (χ0) is 7.68. The Bertz CT molecular complexity index is 329. The molecule has 1 aromatic heterocycles. The summed E-state index contributed by atoms with van der Waals surface area (Å²) in [6.07, 6.45) is 0. The zero-order valence-corrected chi connectivity index (χ0v) is 6.48. The lowest BCUT2D eigenvalue weighted by molar-refractivity contribution is 1.24. The van der Waals surface area contributed by atoms with Gasteiger partial charge in [-0.15, -0.1) is 0 Å². The number of rotatable bonds is 0. The van der Waals surface area contributed by atoms with Crippen LogP contribution in [0.2, 0.25) is 0 Å². The van der Waals surface area contributed by atoms with Gasteiger partial charge >= 0.3 is 0 Å². The highest BCUT2D eigenvalue weighted by Crippen LogP contribution is 2.28. The molecule has 11 heavy (non-hydrogen) atoms. The molecule has 0 saturated carbocycles. The van der Waals surface area contributed by atoms with Gasteiger partial charge in [0, 0.05) is 11.3 Å². The quantitative estimate of drug-likeness (QED) is 0.589. The molecule has 1 N–H and O–H groups in total. The summed E-state index contributed by atoms with van der Waals surface area (Å²) in [5.74, 6) is 1.78. The predicted octanol–water partition coefficient (Wildman–Crippen LogP) is 1.53. The normalized spacial score (nSPS) is 13.4. The molecule has 0 aromatic carbocycles. The first-order valence-electron chi connectivity index (χ1n) is 3.18. The molecule has 0 atom stereocenters. The molecular formula is C7H5N3S. The van der Waals surface area contributed by atoms with Crippen LogP contribution >= 0.6 is 11.9 Å². The molecule has 2 rings (SSSR count). The summed E-state index contributed by atoms with van der Waals surface area (Å²) < 4.78 is 3.03. The Kier molecular flexibility index (Phi) is 1.44. The van der Waals surface area contributed by atoms with Gasteiger partial charge in [-0.3, -0.25) is 0 Å². The molecule has 0 fully saturated rings. The van der Waals surface area contributed by atoms with Crippen molar-refractivity contribution in [2.45, 2.75) is 5.75 Å². The van der Waals surface area contributed by atoms with E-state index in [2.05, 4.69) is 9.71 Å². The molecule has 0 aliphatic carbocycles. The van der Waals surface area contributed by atoms with Crippen molar-refractivity contribution in [2.24, 2.45) is 0 Å². The molecule has 0 bridgehead atoms. The highest BCUT2D eigenvalue weighted by atomic mass is 32.2. The molecule has 4 heteroatoms. The molecule has 1 aromatic rings. The molecule has 2 heterocycles. The second kappa shape index (κ2) is 2.44. The average Bonchev–Trinajstić information content (AvgIpc) is 2.50. The first-order chi connectivity index (χ1) is 5.40. The largest absolute Gasteiger partial charge is 0.314 e. The van der Waals surface area contributed by atoms with E-state index in [0.717, 1.165) is 11.6 Å². The van der Waals surface area contributed by atoms with Crippen molar-refractivity contribution in [1.29, 1.82) is 5.26 Å². The van der Waals surface area contributed by atoms with E-state index < -0.39 is 0 Å². The minimum atomic E-state index is 0.471. The van der Waals surface area contributed by atoms with Crippen LogP contribution in [0.5, 0.6) is 0 Å². The van der Waals surface area contributed by atoms with Crippen molar-refractivity contribution in [3.05, 3.63) is 23.4 Å². The molecule has 54 valence electrons. The van der Waals surface area contributed by atoms with Gasteiger partial charge in [-0.25, -0.2) is 4.98 Å². The fraction of sp³-hybridized carbons (Fsp3) is 0.143. The Morgan fingerprint density at radius 1 is 1.64 bits per heavy atom. The lowest BCUT2D eigenvalue weighted by Crippen LogP contribution is -1.88. The maximum atomic E-state index is 8.52. The Hall–Kier alpha value is -1.21. The van der Waals surface area contributed by atoms with Crippen LogP contribution in [0.25, 0.3) is 0 Å². The molecule has 0 spiro atoms. The highest BCUT2D eigenvalue weighted by molar-refractivity contribution is 8.00. The number of nitriles is 1. The Balaban J connectivity index is 2.51. The summed E-state index contributed by atoms with van der Waals surface area (Å²) in [5, 5.41) is 8.52. The summed E-state index contributed by atoms with van der Waals surface area (Å²) in [7, 11) is 0. The van der Waals surface area contributed by atoms with Crippen LogP contribution < -0.4 is 4.72 Å². The van der Waals surface area contributed by atoms with Crippen LogP contribution in [0.4, 0.5) is 5.82 Å². The van der Waals surface area contributed by atoms with E-state index in [0.29, 0.717) is 5.69 Å². The first-order valence-corrected chi connectivity index (χ1v) is 4.16. The second-order valence-electron chi connectivity index (χ2n) is 2.21. The fourth-order valence-corrected chi connectivity index (χ4v) is 1.71. The van der Waals surface area contributed by atoms with Crippen molar-refractivity contribution < 1.29 is 0 Å². The van der Waals surface area contributed by atoms with Crippen LogP contribution in [0, 0.1) is 11.3 Å². The van der Waals surface area contributed by atoms with Crippen molar-refractivity contribution >= 4 is 17.8 Å². The van der Waals surface area contributed by atoms with E-state index in [-0.39, 0.29) is 0 Å². The summed E-state index contributed by atoms with van der Waals surface area (Å²) in [5.41, 5.74) is 1.65. The Morgan fingerprint density at radius 3 is 3.36 bits per heavy atom. The minimum absolute atomic E-state index is 0.471. The van der Waals surface area contributed by atoms with E-state index in [1.165, 1.54) is 5.56 Å². The Morgan fingerprint density at radius 2 is 2.55 bits per heavy atom. The van der Waals surface area contributed by atoms with Crippen molar-refractivity contribution in [1.82, 2.24) is 4.98 Å². The van der Waals surface area contributed by atoms with Crippen molar-refractivity contribution in [2.75, 3.05) is 4.72 Å². The summed E-state index contributed by atoms with van der Waals surface area (Å²) in [6, 6.07) is 5.68. The summed E-state index contributed by atoms with van der Waals surface area (Å²) in [4.78, 5) is 4.08. The number of aromatic nitrogens is 1. The first kappa shape index (κ1) is 6.50. The van der Waals surface area contributed by atoms with Crippen LogP contribution in [0.3, 0.4) is 0 Å². The number of pyridine rings is 1. The maximum absolute atomic E-state index is 8.52. The van der Waals surface area contributed by atoms with Gasteiger partial charge in [0.15, 0.2) is 0 Å². The van der Waals surface area contributed by atoms with E-state index in [1.807, 2.05) is 12.1 Å². The summed E-state index contributed by atoms with van der Waals surface area (Å²) >= 11 is 1.60. The van der Waals surface area contributed by atoms with Crippen molar-refractivity contribution in [3.8, 4) is 6.07 Å². The zero-order valence-electron chi connectivity index (χ0n) is 5.66. The number of nitrogens with one attached hydrogen (secondary N) is 1. The van der Waals surface area contributed by atoms with Crippen LogP contribution in [0.1, 0.15) is 11.3 Å². The standard InChI is InChI=1S/C7H5N3S/c8-3-6-2-1-5-4-11-10-7(5)9-6/h1-2H,4H2,(H,9,10). The maximum Gasteiger partial charge on any atom is 0.142 e. The van der Waals surface area contributed by atoms with Gasteiger partial charge in [-0.2, -0.15) is 5.26 Å². The molecule has 0 unspecified atom stereocenters. The van der Waals surface area contributed by atoms with Gasteiger partial charge in [0.05, 0.1) is 0 Å². The van der Waals surface area contributed by atoms with Crippen molar-refractivity contribution in [3.63, 3.8) is 0 Å². The predicted molar refractivity (Wildman–Crippen MR) is 43.9 cm³/mol. The lowest BCUT2D eigenvalue weighted by atomic mass is 10.2. The topological polar surface area (TPSA) is 48.7 Å². The van der Waals surface area contributed by atoms with Gasteiger partial charge in [0.2, 0.25) is 0 Å². The third-order valence-electron chi connectivity index (χ3n) is 1.49. The number of hydrogen-bond acceptors (Lipinski definition) is 4. The molecule has 0 radical (unpaired) electrons. The Labute approximate surface area is 68.6 Å². The highest BCUT2D eigenvalue weighted by Gasteiger charge is 2.11. The molecule has 1 aliphatic heterocycles. The molecule has 3 nitrogen and oxygen atoms in total. The monoisotopic (exact) mass is 163 g/mol. The van der Waals surface area contributed by atoms with Crippen LogP contribution in [-0.2, 0) is 5.75 Å². The van der Waals surface area contributed by atoms with E-state index in [9.17, 15) is 0 Å². The van der Waals surface area contributed by atoms with E-state index >= 15 is 0 Å². The van der Waals surface area contributed by atoms with Crippen LogP contribution in [0.15, 0.2) is 12.1 Å². The van der Waals surface area contributed by atoms with Gasteiger partial charge in [-0.05, 0) is 18.0 Å². The third-order valence-corrected chi connectivity index (χ3v) is 2.28. The van der Waals surface area contributed by atoms with E-state index in [1.54, 1.807) is 18.0 Å². The van der Waals surface area contributed by atoms with Crippen LogP contribution in [-0.4, -0.2) is 4.98 Å². The molecule has 1 aliphatic rings. The number of anilines is 1. The fourth-order valence-electron chi connectivity index (χ4n) is 0.937. The van der Waals surface area contributed by atoms with Gasteiger partial charge in [-0.1, -0.05) is 6.07 Å². The summed E-state index contributed by atoms with van der Waals surface area (Å²) in [6.45, 7) is 0. The molecule has 0 saturated heterocycles. The number of hydrogen-bond donors (Lipinski definition) is 1. The second-order valence-corrected chi connectivity index (χ2v) is 2.99. The number of fused-ring (bicyclic) bond motifs is 1. The van der Waals surface area contributed by atoms with Gasteiger partial charge in [0.25, 0.3) is 0 Å². The SMILES string of the molecule is N#Cc1ccc2c(n1)NSC2. The lowest BCUT2D eigenvalue weighted by Gasteiger charge is -1.95. The number of nitrogens with zero attached hydrogens (tertiary/aromatic N) is 2. The molecule has 0 amide bonds.